The van der Waals surface area contributed by atoms with E-state index in [0.717, 1.165) is 76.3 Å². The fourth-order valence-corrected chi connectivity index (χ4v) is 4.62. The van der Waals surface area contributed by atoms with Crippen molar-refractivity contribution < 1.29 is 14.2 Å². The van der Waals surface area contributed by atoms with Crippen LogP contribution in [0.25, 0.3) is 0 Å². The Labute approximate surface area is 193 Å². The van der Waals surface area contributed by atoms with Gasteiger partial charge in [0.15, 0.2) is 5.96 Å². The van der Waals surface area contributed by atoms with Gasteiger partial charge in [0, 0.05) is 58.0 Å². The second-order valence-corrected chi connectivity index (χ2v) is 8.63. The summed E-state index contributed by atoms with van der Waals surface area (Å²) in [6, 6.07) is 7.01. The zero-order chi connectivity index (χ0) is 22.8. The number of guanidine groups is 1. The number of hydrogen-bond acceptors (Lipinski definition) is 6. The van der Waals surface area contributed by atoms with Crippen LogP contribution in [0.5, 0.6) is 11.5 Å². The maximum Gasteiger partial charge on any atom is 0.191 e. The molecule has 0 saturated carbocycles. The molecule has 180 valence electrons. The van der Waals surface area contributed by atoms with Gasteiger partial charge in [0.05, 0.1) is 27.4 Å². The molecule has 0 bridgehead atoms. The van der Waals surface area contributed by atoms with E-state index in [1.54, 1.807) is 21.3 Å². The minimum atomic E-state index is 0.397. The second kappa shape index (κ2) is 12.9. The zero-order valence-electron chi connectivity index (χ0n) is 20.2. The first-order valence-corrected chi connectivity index (χ1v) is 11.9. The third-order valence-corrected chi connectivity index (χ3v) is 6.32. The van der Waals surface area contributed by atoms with E-state index in [-0.39, 0.29) is 0 Å². The number of benzene rings is 1. The molecule has 8 nitrogen and oxygen atoms in total. The van der Waals surface area contributed by atoms with Crippen molar-refractivity contribution in [3.8, 4) is 11.5 Å². The van der Waals surface area contributed by atoms with Gasteiger partial charge in [-0.05, 0) is 50.4 Å². The summed E-state index contributed by atoms with van der Waals surface area (Å²) in [5.41, 5.74) is 1.21. The van der Waals surface area contributed by atoms with Crippen molar-refractivity contribution in [2.75, 3.05) is 67.2 Å². The summed E-state index contributed by atoms with van der Waals surface area (Å²) < 4.78 is 16.1. The SMILES string of the molecule is CCNC(=NCC1CCCN1CCOC)NC1CCN(Cc2cc(OC)cc(OC)c2)C1. The van der Waals surface area contributed by atoms with Crippen LogP contribution in [0.2, 0.25) is 0 Å². The highest BCUT2D eigenvalue weighted by Crippen LogP contribution is 2.24. The molecular weight excluding hydrogens is 406 g/mol. The first kappa shape index (κ1) is 24.6. The van der Waals surface area contributed by atoms with E-state index in [9.17, 15) is 0 Å². The number of nitrogens with one attached hydrogen (secondary N) is 2. The zero-order valence-corrected chi connectivity index (χ0v) is 20.2. The van der Waals surface area contributed by atoms with Crippen LogP contribution in [0.3, 0.4) is 0 Å². The standard InChI is InChI=1S/C24H41N5O3/c1-5-25-24(26-16-21-7-6-9-29(21)11-12-30-2)27-20-8-10-28(18-20)17-19-13-22(31-3)15-23(14-19)32-4/h13-15,20-21H,5-12,16-18H2,1-4H3,(H2,25,26,27). The largest absolute Gasteiger partial charge is 0.497 e. The maximum atomic E-state index is 5.42. The summed E-state index contributed by atoms with van der Waals surface area (Å²) in [7, 11) is 5.16. The minimum Gasteiger partial charge on any atom is -0.497 e. The van der Waals surface area contributed by atoms with Crippen LogP contribution in [-0.2, 0) is 11.3 Å². The summed E-state index contributed by atoms with van der Waals surface area (Å²) in [5, 5.41) is 7.09. The molecule has 0 radical (unpaired) electrons. The molecule has 2 N–H and O–H groups in total. The van der Waals surface area contributed by atoms with Crippen molar-refractivity contribution >= 4 is 5.96 Å². The Morgan fingerprint density at radius 2 is 1.88 bits per heavy atom. The smallest absolute Gasteiger partial charge is 0.191 e. The van der Waals surface area contributed by atoms with E-state index in [4.69, 9.17) is 19.2 Å². The van der Waals surface area contributed by atoms with Crippen LogP contribution in [0.15, 0.2) is 23.2 Å². The Hall–Kier alpha value is -2.03. The molecule has 2 saturated heterocycles. The van der Waals surface area contributed by atoms with Crippen LogP contribution >= 0.6 is 0 Å². The lowest BCUT2D eigenvalue weighted by Gasteiger charge is -2.24. The van der Waals surface area contributed by atoms with Gasteiger partial charge in [-0.2, -0.15) is 0 Å². The number of ether oxygens (including phenoxy) is 3. The molecule has 0 aromatic heterocycles. The number of methoxy groups -OCH3 is 3. The molecule has 8 heteroatoms. The summed E-state index contributed by atoms with van der Waals surface area (Å²) >= 11 is 0. The summed E-state index contributed by atoms with van der Waals surface area (Å²) in [6.07, 6.45) is 3.57. The minimum absolute atomic E-state index is 0.397. The van der Waals surface area contributed by atoms with Crippen molar-refractivity contribution in [1.82, 2.24) is 20.4 Å². The van der Waals surface area contributed by atoms with Gasteiger partial charge in [0.1, 0.15) is 11.5 Å². The average molecular weight is 448 g/mol. The second-order valence-electron chi connectivity index (χ2n) is 8.63. The molecule has 2 unspecified atom stereocenters. The summed E-state index contributed by atoms with van der Waals surface area (Å²) in [5.74, 6) is 2.60. The van der Waals surface area contributed by atoms with E-state index < -0.39 is 0 Å². The normalized spacial score (nSPS) is 22.3. The van der Waals surface area contributed by atoms with Gasteiger partial charge in [-0.15, -0.1) is 0 Å². The van der Waals surface area contributed by atoms with Gasteiger partial charge < -0.3 is 24.8 Å². The lowest BCUT2D eigenvalue weighted by atomic mass is 10.2. The van der Waals surface area contributed by atoms with Gasteiger partial charge in [0.2, 0.25) is 0 Å². The monoisotopic (exact) mass is 447 g/mol. The van der Waals surface area contributed by atoms with Crippen molar-refractivity contribution in [3.05, 3.63) is 23.8 Å². The van der Waals surface area contributed by atoms with E-state index in [1.165, 1.54) is 18.4 Å². The van der Waals surface area contributed by atoms with Gasteiger partial charge in [-0.3, -0.25) is 14.8 Å². The van der Waals surface area contributed by atoms with Crippen LogP contribution in [-0.4, -0.2) is 95.0 Å². The highest BCUT2D eigenvalue weighted by Gasteiger charge is 2.25. The molecule has 0 aliphatic carbocycles. The van der Waals surface area contributed by atoms with Crippen molar-refractivity contribution in [2.24, 2.45) is 4.99 Å². The first-order valence-electron chi connectivity index (χ1n) is 11.9. The number of likely N-dealkylation sites (tertiary alicyclic amines) is 2. The molecule has 2 aliphatic heterocycles. The van der Waals surface area contributed by atoms with Gasteiger partial charge in [-0.25, -0.2) is 0 Å². The molecule has 2 aliphatic rings. The van der Waals surface area contributed by atoms with E-state index in [2.05, 4.69) is 39.5 Å². The molecule has 2 atom stereocenters. The Morgan fingerprint density at radius 3 is 2.56 bits per heavy atom. The number of aliphatic imine (C=N–C) groups is 1. The van der Waals surface area contributed by atoms with Gasteiger partial charge in [0.25, 0.3) is 0 Å². The quantitative estimate of drug-likeness (QED) is 0.397. The molecule has 2 fully saturated rings. The van der Waals surface area contributed by atoms with Crippen molar-refractivity contribution in [3.63, 3.8) is 0 Å². The topological polar surface area (TPSA) is 70.6 Å². The Kier molecular flexibility index (Phi) is 9.89. The molecule has 3 rings (SSSR count). The molecular formula is C24H41N5O3. The molecule has 32 heavy (non-hydrogen) atoms. The van der Waals surface area contributed by atoms with Gasteiger partial charge in [-0.1, -0.05) is 0 Å². The number of nitrogens with zero attached hydrogens (tertiary/aromatic N) is 3. The molecule has 2 heterocycles. The maximum absolute atomic E-state index is 5.42. The Morgan fingerprint density at radius 1 is 1.09 bits per heavy atom. The molecule has 1 aromatic rings. The highest BCUT2D eigenvalue weighted by molar-refractivity contribution is 5.80. The molecule has 0 spiro atoms. The summed E-state index contributed by atoms with van der Waals surface area (Å²) in [4.78, 5) is 9.91. The Balaban J connectivity index is 1.52. The lowest BCUT2D eigenvalue weighted by molar-refractivity contribution is 0.142. The van der Waals surface area contributed by atoms with E-state index >= 15 is 0 Å². The summed E-state index contributed by atoms with van der Waals surface area (Å²) in [6.45, 7) is 9.69. The fraction of sp³-hybridized carbons (Fsp3) is 0.708. The molecule has 1 aromatic carbocycles. The van der Waals surface area contributed by atoms with E-state index in [0.29, 0.717) is 12.1 Å². The third kappa shape index (κ3) is 7.25. The van der Waals surface area contributed by atoms with Gasteiger partial charge >= 0.3 is 0 Å². The number of hydrogen-bond donors (Lipinski definition) is 2. The van der Waals surface area contributed by atoms with Crippen molar-refractivity contribution in [1.29, 1.82) is 0 Å². The Bertz CT molecular complexity index is 707. The lowest BCUT2D eigenvalue weighted by Crippen LogP contribution is -2.45. The number of rotatable bonds is 11. The van der Waals surface area contributed by atoms with Crippen LogP contribution < -0.4 is 20.1 Å². The van der Waals surface area contributed by atoms with Crippen LogP contribution in [0.1, 0.15) is 31.7 Å². The average Bonchev–Trinajstić information content (AvgIpc) is 3.44. The predicted molar refractivity (Wildman–Crippen MR) is 129 cm³/mol. The van der Waals surface area contributed by atoms with E-state index in [1.807, 2.05) is 6.07 Å². The fourth-order valence-electron chi connectivity index (χ4n) is 4.62. The molecule has 0 amide bonds. The van der Waals surface area contributed by atoms with Crippen molar-refractivity contribution in [2.45, 2.75) is 44.8 Å². The first-order chi connectivity index (χ1) is 15.6. The highest BCUT2D eigenvalue weighted by atomic mass is 16.5. The van der Waals surface area contributed by atoms with Crippen LogP contribution in [0.4, 0.5) is 0 Å². The third-order valence-electron chi connectivity index (χ3n) is 6.32. The predicted octanol–water partition coefficient (Wildman–Crippen LogP) is 1.94. The van der Waals surface area contributed by atoms with Crippen LogP contribution in [0, 0.1) is 0 Å².